The van der Waals surface area contributed by atoms with Crippen LogP contribution in [0.2, 0.25) is 0 Å². The summed E-state index contributed by atoms with van der Waals surface area (Å²) in [6.45, 7) is 2.61. The summed E-state index contributed by atoms with van der Waals surface area (Å²) in [6, 6.07) is 13.1. The van der Waals surface area contributed by atoms with Gasteiger partial charge in [0.25, 0.3) is 11.8 Å². The summed E-state index contributed by atoms with van der Waals surface area (Å²) < 4.78 is 10.4. The van der Waals surface area contributed by atoms with E-state index in [1.165, 1.54) is 7.11 Å². The lowest BCUT2D eigenvalue weighted by Gasteiger charge is -2.17. The van der Waals surface area contributed by atoms with E-state index in [1.807, 2.05) is 43.3 Å². The zero-order chi connectivity index (χ0) is 18.5. The van der Waals surface area contributed by atoms with Crippen molar-refractivity contribution in [3.8, 4) is 5.75 Å². The monoisotopic (exact) mass is 354 g/mol. The van der Waals surface area contributed by atoms with Crippen molar-refractivity contribution >= 4 is 23.2 Å². The molecular formula is C20H22N2O4. The highest BCUT2D eigenvalue weighted by molar-refractivity contribution is 5.97. The van der Waals surface area contributed by atoms with Gasteiger partial charge in [-0.15, -0.1) is 0 Å². The number of carbonyl (C=O) groups is 2. The Morgan fingerprint density at radius 1 is 1.15 bits per heavy atom. The van der Waals surface area contributed by atoms with Crippen LogP contribution in [0.3, 0.4) is 0 Å². The second-order valence-corrected chi connectivity index (χ2v) is 6.23. The summed E-state index contributed by atoms with van der Waals surface area (Å²) in [6.07, 6.45) is 0.758. The normalized spacial score (nSPS) is 12.6. The summed E-state index contributed by atoms with van der Waals surface area (Å²) in [5.74, 6) is 0.382. The molecule has 26 heavy (non-hydrogen) atoms. The van der Waals surface area contributed by atoms with Gasteiger partial charge < -0.3 is 19.7 Å². The predicted molar refractivity (Wildman–Crippen MR) is 99.7 cm³/mol. The van der Waals surface area contributed by atoms with Gasteiger partial charge in [0, 0.05) is 25.0 Å². The first-order valence-corrected chi connectivity index (χ1v) is 8.48. The van der Waals surface area contributed by atoms with Crippen molar-refractivity contribution in [2.75, 3.05) is 37.1 Å². The smallest absolute Gasteiger partial charge is 0.262 e. The van der Waals surface area contributed by atoms with Crippen LogP contribution in [-0.4, -0.2) is 38.7 Å². The molecule has 1 N–H and O–H groups in total. The first-order chi connectivity index (χ1) is 12.6. The molecule has 0 bridgehead atoms. The Labute approximate surface area is 152 Å². The first-order valence-electron chi connectivity index (χ1n) is 8.48. The van der Waals surface area contributed by atoms with Crippen molar-refractivity contribution in [1.29, 1.82) is 0 Å². The highest BCUT2D eigenvalue weighted by atomic mass is 16.5. The number of nitrogens with one attached hydrogen (secondary N) is 1. The number of methoxy groups -OCH3 is 1. The number of carbonyl (C=O) groups excluding carboxylic acids is 2. The molecule has 0 unspecified atom stereocenters. The van der Waals surface area contributed by atoms with Crippen molar-refractivity contribution in [1.82, 2.24) is 0 Å². The number of hydrogen-bond acceptors (Lipinski definition) is 4. The molecule has 0 saturated heterocycles. The lowest BCUT2D eigenvalue weighted by atomic mass is 10.1. The molecular weight excluding hydrogens is 332 g/mol. The SMILES string of the molecule is COCC(=O)N1CCc2cc(NC(=O)COc3cccc(C)c3)ccc21. The van der Waals surface area contributed by atoms with Gasteiger partial charge in [0.05, 0.1) is 0 Å². The van der Waals surface area contributed by atoms with Gasteiger partial charge in [-0.2, -0.15) is 0 Å². The largest absolute Gasteiger partial charge is 0.484 e. The van der Waals surface area contributed by atoms with Crippen LogP contribution < -0.4 is 15.0 Å². The molecule has 2 aromatic rings. The molecule has 6 heteroatoms. The Bertz CT molecular complexity index is 819. The van der Waals surface area contributed by atoms with Crippen LogP contribution in [0.25, 0.3) is 0 Å². The molecule has 0 aromatic heterocycles. The van der Waals surface area contributed by atoms with Crippen LogP contribution in [0.1, 0.15) is 11.1 Å². The number of nitrogens with zero attached hydrogens (tertiary/aromatic N) is 1. The fourth-order valence-corrected chi connectivity index (χ4v) is 2.99. The van der Waals surface area contributed by atoms with Crippen LogP contribution in [0, 0.1) is 6.92 Å². The summed E-state index contributed by atoms with van der Waals surface area (Å²) in [5, 5.41) is 2.83. The number of fused-ring (bicyclic) bond motifs is 1. The minimum atomic E-state index is -0.225. The van der Waals surface area contributed by atoms with Crippen molar-refractivity contribution in [3.05, 3.63) is 53.6 Å². The minimum absolute atomic E-state index is 0.0566. The van der Waals surface area contributed by atoms with Crippen molar-refractivity contribution in [2.45, 2.75) is 13.3 Å². The molecule has 1 aliphatic heterocycles. The lowest BCUT2D eigenvalue weighted by Crippen LogP contribution is -2.31. The zero-order valence-corrected chi connectivity index (χ0v) is 15.0. The van der Waals surface area contributed by atoms with Gasteiger partial charge in [-0.3, -0.25) is 9.59 Å². The second kappa shape index (κ2) is 8.01. The van der Waals surface area contributed by atoms with Gasteiger partial charge >= 0.3 is 0 Å². The number of ether oxygens (including phenoxy) is 2. The van der Waals surface area contributed by atoms with Crippen molar-refractivity contribution < 1.29 is 19.1 Å². The number of hydrogen-bond donors (Lipinski definition) is 1. The number of amides is 2. The molecule has 6 nitrogen and oxygen atoms in total. The molecule has 0 saturated carbocycles. The van der Waals surface area contributed by atoms with E-state index in [0.29, 0.717) is 18.0 Å². The van der Waals surface area contributed by atoms with Crippen LogP contribution in [0.4, 0.5) is 11.4 Å². The summed E-state index contributed by atoms with van der Waals surface area (Å²) in [5.41, 5.74) is 3.68. The molecule has 1 heterocycles. The van der Waals surface area contributed by atoms with E-state index in [1.54, 1.807) is 11.0 Å². The van der Waals surface area contributed by atoms with E-state index in [0.717, 1.165) is 23.2 Å². The van der Waals surface area contributed by atoms with E-state index >= 15 is 0 Å². The number of anilines is 2. The number of benzene rings is 2. The highest BCUT2D eigenvalue weighted by Crippen LogP contribution is 2.30. The third-order valence-electron chi connectivity index (χ3n) is 4.19. The highest BCUT2D eigenvalue weighted by Gasteiger charge is 2.24. The molecule has 2 aromatic carbocycles. The Morgan fingerprint density at radius 3 is 2.77 bits per heavy atom. The van der Waals surface area contributed by atoms with Crippen LogP contribution in [0.15, 0.2) is 42.5 Å². The van der Waals surface area contributed by atoms with E-state index in [9.17, 15) is 9.59 Å². The van der Waals surface area contributed by atoms with Crippen LogP contribution in [0.5, 0.6) is 5.75 Å². The van der Waals surface area contributed by atoms with Gasteiger partial charge in [0.2, 0.25) is 0 Å². The topological polar surface area (TPSA) is 67.9 Å². The standard InChI is InChI=1S/C20H22N2O4/c1-14-4-3-5-17(10-14)26-12-19(23)21-16-6-7-18-15(11-16)8-9-22(18)20(24)13-25-2/h3-7,10-11H,8-9,12-13H2,1-2H3,(H,21,23). The molecule has 3 rings (SSSR count). The maximum absolute atomic E-state index is 12.1. The molecule has 0 aliphatic carbocycles. The Kier molecular flexibility index (Phi) is 5.53. The maximum Gasteiger partial charge on any atom is 0.262 e. The quantitative estimate of drug-likeness (QED) is 0.866. The van der Waals surface area contributed by atoms with Crippen molar-refractivity contribution in [2.24, 2.45) is 0 Å². The van der Waals surface area contributed by atoms with Gasteiger partial charge in [-0.1, -0.05) is 12.1 Å². The Morgan fingerprint density at radius 2 is 2.00 bits per heavy atom. The third-order valence-corrected chi connectivity index (χ3v) is 4.19. The summed E-state index contributed by atoms with van der Waals surface area (Å²) in [4.78, 5) is 25.9. The average molecular weight is 354 g/mol. The second-order valence-electron chi connectivity index (χ2n) is 6.23. The summed E-state index contributed by atoms with van der Waals surface area (Å²) in [7, 11) is 1.51. The van der Waals surface area contributed by atoms with E-state index in [4.69, 9.17) is 9.47 Å². The fourth-order valence-electron chi connectivity index (χ4n) is 2.99. The van der Waals surface area contributed by atoms with Gasteiger partial charge in [-0.25, -0.2) is 0 Å². The molecule has 0 atom stereocenters. The van der Waals surface area contributed by atoms with Crippen LogP contribution >= 0.6 is 0 Å². The molecule has 2 amide bonds. The lowest BCUT2D eigenvalue weighted by molar-refractivity contribution is -0.122. The van der Waals surface area contributed by atoms with Crippen LogP contribution in [-0.2, 0) is 20.7 Å². The van der Waals surface area contributed by atoms with Gasteiger partial charge in [-0.05, 0) is 54.8 Å². The first kappa shape index (κ1) is 17.9. The predicted octanol–water partition coefficient (Wildman–Crippen LogP) is 2.55. The maximum atomic E-state index is 12.1. The zero-order valence-electron chi connectivity index (χ0n) is 15.0. The van der Waals surface area contributed by atoms with E-state index in [-0.39, 0.29) is 25.0 Å². The third kappa shape index (κ3) is 4.21. The van der Waals surface area contributed by atoms with Crippen molar-refractivity contribution in [3.63, 3.8) is 0 Å². The summed E-state index contributed by atoms with van der Waals surface area (Å²) >= 11 is 0. The molecule has 1 aliphatic rings. The van der Waals surface area contributed by atoms with Gasteiger partial charge in [0.15, 0.2) is 6.61 Å². The Balaban J connectivity index is 1.59. The van der Waals surface area contributed by atoms with Gasteiger partial charge in [0.1, 0.15) is 12.4 Å². The van der Waals surface area contributed by atoms with E-state index < -0.39 is 0 Å². The molecule has 136 valence electrons. The molecule has 0 radical (unpaired) electrons. The average Bonchev–Trinajstić information content (AvgIpc) is 3.03. The van der Waals surface area contributed by atoms with E-state index in [2.05, 4.69) is 5.32 Å². The Hall–Kier alpha value is -2.86. The number of rotatable bonds is 6. The minimum Gasteiger partial charge on any atom is -0.484 e. The number of aryl methyl sites for hydroxylation is 1. The molecule has 0 fully saturated rings. The fraction of sp³-hybridized carbons (Fsp3) is 0.300. The molecule has 0 spiro atoms.